The molecule has 0 N–H and O–H groups in total. The molecule has 0 fully saturated rings. The second-order valence-corrected chi connectivity index (χ2v) is 5.36. The zero-order chi connectivity index (χ0) is 18.5. The Labute approximate surface area is 150 Å². The molecule has 0 aliphatic carbocycles. The smallest absolute Gasteiger partial charge is 0.363 e. The maximum atomic E-state index is 13.3. The molecule has 0 atom stereocenters. The molecule has 1 heterocycles. The highest BCUT2D eigenvalue weighted by atomic mass is 19.1. The number of aliphatic imine (C=N–C) groups is 1. The summed E-state index contributed by atoms with van der Waals surface area (Å²) in [5.74, 6) is 0.113. The topological polar surface area (TPSA) is 57.1 Å². The first kappa shape index (κ1) is 17.4. The van der Waals surface area contributed by atoms with Crippen LogP contribution < -0.4 is 9.47 Å². The molecule has 2 aromatic carbocycles. The van der Waals surface area contributed by atoms with Crippen molar-refractivity contribution < 1.29 is 23.4 Å². The number of hydrogen-bond donors (Lipinski definition) is 0. The molecule has 26 heavy (non-hydrogen) atoms. The fraction of sp³-hybridized carbons (Fsp3) is 0.100. The zero-order valence-electron chi connectivity index (χ0n) is 14.1. The number of benzene rings is 2. The van der Waals surface area contributed by atoms with Crippen LogP contribution in [-0.2, 0) is 9.53 Å². The van der Waals surface area contributed by atoms with E-state index in [0.717, 1.165) is 0 Å². The van der Waals surface area contributed by atoms with Gasteiger partial charge in [0.15, 0.2) is 17.2 Å². The van der Waals surface area contributed by atoms with Crippen LogP contribution in [-0.4, -0.2) is 25.6 Å². The number of carbonyl (C=O) groups is 1. The third-order valence-electron chi connectivity index (χ3n) is 3.54. The Balaban J connectivity index is 1.89. The van der Waals surface area contributed by atoms with Gasteiger partial charge in [-0.2, -0.15) is 0 Å². The number of ether oxygens (including phenoxy) is 3. The number of esters is 1. The quantitative estimate of drug-likeness (QED) is 0.451. The standard InChI is InChI=1S/C20H16FNO4/c1-3-9-25-17-8-7-13(11-18(17)24-2)10-16-20(23)26-19(22-16)14-5-4-6-15(21)12-14/h3-8,10-12H,1,9H2,2H3/b16-10+. The molecule has 3 rings (SSSR count). The lowest BCUT2D eigenvalue weighted by Crippen LogP contribution is -2.05. The average Bonchev–Trinajstić information content (AvgIpc) is 3.01. The zero-order valence-corrected chi connectivity index (χ0v) is 14.1. The Morgan fingerprint density at radius 2 is 2.08 bits per heavy atom. The summed E-state index contributed by atoms with van der Waals surface area (Å²) in [6.07, 6.45) is 3.20. The maximum absolute atomic E-state index is 13.3. The Hall–Kier alpha value is -3.41. The van der Waals surface area contributed by atoms with Crippen LogP contribution in [0.3, 0.4) is 0 Å². The molecule has 0 radical (unpaired) electrons. The molecule has 0 aromatic heterocycles. The van der Waals surface area contributed by atoms with Crippen LogP contribution in [0, 0.1) is 5.82 Å². The van der Waals surface area contributed by atoms with Crippen molar-refractivity contribution in [2.75, 3.05) is 13.7 Å². The minimum Gasteiger partial charge on any atom is -0.493 e. The molecule has 1 aliphatic rings. The Bertz CT molecular complexity index is 918. The summed E-state index contributed by atoms with van der Waals surface area (Å²) in [6, 6.07) is 10.9. The summed E-state index contributed by atoms with van der Waals surface area (Å²) in [5, 5.41) is 0. The molecule has 6 heteroatoms. The summed E-state index contributed by atoms with van der Waals surface area (Å²) in [5.41, 5.74) is 1.20. The SMILES string of the molecule is C=CCOc1ccc(/C=C2/N=C(c3cccc(F)c3)OC2=O)cc1OC. The first-order chi connectivity index (χ1) is 12.6. The first-order valence-electron chi connectivity index (χ1n) is 7.81. The fourth-order valence-electron chi connectivity index (χ4n) is 2.35. The second kappa shape index (κ2) is 7.65. The van der Waals surface area contributed by atoms with Crippen molar-refractivity contribution in [1.29, 1.82) is 0 Å². The van der Waals surface area contributed by atoms with Gasteiger partial charge in [-0.25, -0.2) is 14.2 Å². The largest absolute Gasteiger partial charge is 0.493 e. The third kappa shape index (κ3) is 3.80. The van der Waals surface area contributed by atoms with Gasteiger partial charge in [0, 0.05) is 5.56 Å². The molecule has 132 valence electrons. The van der Waals surface area contributed by atoms with E-state index >= 15 is 0 Å². The van der Waals surface area contributed by atoms with Crippen molar-refractivity contribution in [3.8, 4) is 11.5 Å². The van der Waals surface area contributed by atoms with Gasteiger partial charge < -0.3 is 14.2 Å². The Morgan fingerprint density at radius 1 is 1.23 bits per heavy atom. The molecule has 1 aliphatic heterocycles. The predicted octanol–water partition coefficient (Wildman–Crippen LogP) is 3.74. The van der Waals surface area contributed by atoms with Crippen molar-refractivity contribution in [2.24, 2.45) is 4.99 Å². The van der Waals surface area contributed by atoms with Crippen LogP contribution in [0.15, 0.2) is 65.8 Å². The van der Waals surface area contributed by atoms with Crippen molar-refractivity contribution in [2.45, 2.75) is 0 Å². The van der Waals surface area contributed by atoms with Crippen LogP contribution in [0.25, 0.3) is 6.08 Å². The predicted molar refractivity (Wildman–Crippen MR) is 95.7 cm³/mol. The van der Waals surface area contributed by atoms with Crippen LogP contribution in [0.4, 0.5) is 4.39 Å². The van der Waals surface area contributed by atoms with E-state index in [1.165, 1.54) is 25.3 Å². The molecule has 0 saturated carbocycles. The fourth-order valence-corrected chi connectivity index (χ4v) is 2.35. The number of nitrogens with zero attached hydrogens (tertiary/aromatic N) is 1. The Kier molecular flexibility index (Phi) is 5.12. The normalized spacial score (nSPS) is 14.8. The molecule has 0 spiro atoms. The van der Waals surface area contributed by atoms with Crippen molar-refractivity contribution >= 4 is 17.9 Å². The lowest BCUT2D eigenvalue weighted by molar-refractivity contribution is -0.129. The lowest BCUT2D eigenvalue weighted by atomic mass is 10.1. The van der Waals surface area contributed by atoms with E-state index in [0.29, 0.717) is 29.2 Å². The van der Waals surface area contributed by atoms with Gasteiger partial charge in [0.1, 0.15) is 12.4 Å². The minimum atomic E-state index is -0.602. The number of methoxy groups -OCH3 is 1. The van der Waals surface area contributed by atoms with Crippen LogP contribution in [0.1, 0.15) is 11.1 Å². The van der Waals surface area contributed by atoms with Gasteiger partial charge in [-0.15, -0.1) is 0 Å². The van der Waals surface area contributed by atoms with E-state index in [9.17, 15) is 9.18 Å². The summed E-state index contributed by atoms with van der Waals surface area (Å²) in [7, 11) is 1.52. The van der Waals surface area contributed by atoms with E-state index in [1.807, 2.05) is 0 Å². The number of rotatable bonds is 6. The van der Waals surface area contributed by atoms with E-state index in [1.54, 1.807) is 36.4 Å². The highest BCUT2D eigenvalue weighted by Gasteiger charge is 2.24. The Morgan fingerprint density at radius 3 is 2.81 bits per heavy atom. The minimum absolute atomic E-state index is 0.0682. The van der Waals surface area contributed by atoms with Gasteiger partial charge in [0.2, 0.25) is 5.90 Å². The van der Waals surface area contributed by atoms with Gasteiger partial charge >= 0.3 is 5.97 Å². The molecular weight excluding hydrogens is 337 g/mol. The second-order valence-electron chi connectivity index (χ2n) is 5.36. The van der Waals surface area contributed by atoms with Crippen LogP contribution in [0.2, 0.25) is 0 Å². The van der Waals surface area contributed by atoms with Gasteiger partial charge in [0.05, 0.1) is 7.11 Å². The molecular formula is C20H16FNO4. The van der Waals surface area contributed by atoms with Crippen molar-refractivity contribution in [3.63, 3.8) is 0 Å². The summed E-state index contributed by atoms with van der Waals surface area (Å²) < 4.78 is 29.2. The highest BCUT2D eigenvalue weighted by molar-refractivity contribution is 6.12. The number of halogens is 1. The van der Waals surface area contributed by atoms with Gasteiger partial charge in [-0.05, 0) is 42.0 Å². The van der Waals surface area contributed by atoms with E-state index < -0.39 is 11.8 Å². The molecule has 5 nitrogen and oxygen atoms in total. The number of hydrogen-bond acceptors (Lipinski definition) is 5. The first-order valence-corrected chi connectivity index (χ1v) is 7.81. The summed E-state index contributed by atoms with van der Waals surface area (Å²) >= 11 is 0. The molecule has 2 aromatic rings. The van der Waals surface area contributed by atoms with Gasteiger partial charge in [0.25, 0.3) is 0 Å². The average molecular weight is 353 g/mol. The summed E-state index contributed by atoms with van der Waals surface area (Å²) in [6.45, 7) is 3.95. The van der Waals surface area contributed by atoms with Crippen molar-refractivity contribution in [1.82, 2.24) is 0 Å². The number of carbonyl (C=O) groups excluding carboxylic acids is 1. The highest BCUT2D eigenvalue weighted by Crippen LogP contribution is 2.29. The van der Waals surface area contributed by atoms with Gasteiger partial charge in [-0.1, -0.05) is 24.8 Å². The van der Waals surface area contributed by atoms with Crippen LogP contribution in [0.5, 0.6) is 11.5 Å². The molecule has 0 unspecified atom stereocenters. The monoisotopic (exact) mass is 353 g/mol. The van der Waals surface area contributed by atoms with Crippen LogP contribution >= 0.6 is 0 Å². The molecule has 0 amide bonds. The summed E-state index contributed by atoms with van der Waals surface area (Å²) in [4.78, 5) is 16.2. The lowest BCUT2D eigenvalue weighted by Gasteiger charge is -2.09. The van der Waals surface area contributed by atoms with E-state index in [-0.39, 0.29) is 11.6 Å². The molecule has 0 bridgehead atoms. The number of cyclic esters (lactones) is 1. The van der Waals surface area contributed by atoms with Crippen molar-refractivity contribution in [3.05, 3.63) is 77.8 Å². The maximum Gasteiger partial charge on any atom is 0.363 e. The molecule has 0 saturated heterocycles. The van der Waals surface area contributed by atoms with E-state index in [4.69, 9.17) is 14.2 Å². The van der Waals surface area contributed by atoms with E-state index in [2.05, 4.69) is 11.6 Å². The third-order valence-corrected chi connectivity index (χ3v) is 3.54. The van der Waals surface area contributed by atoms with Gasteiger partial charge in [-0.3, -0.25) is 0 Å².